The fraction of sp³-hybridized carbons (Fsp3) is 0.846. The lowest BCUT2D eigenvalue weighted by Gasteiger charge is -2.25. The lowest BCUT2D eigenvalue weighted by molar-refractivity contribution is -0.157. The van der Waals surface area contributed by atoms with Gasteiger partial charge in [-0.3, -0.25) is 9.59 Å². The maximum atomic E-state index is 12.0. The summed E-state index contributed by atoms with van der Waals surface area (Å²) in [6.45, 7) is 9.76. The Hall–Kier alpha value is -0.860. The van der Waals surface area contributed by atoms with Gasteiger partial charge in [-0.25, -0.2) is 0 Å². The highest BCUT2D eigenvalue weighted by Crippen LogP contribution is 2.29. The molecule has 0 aliphatic carbocycles. The molecule has 16 heavy (non-hydrogen) atoms. The largest absolute Gasteiger partial charge is 0.468 e. The number of ether oxygens (including phenoxy) is 1. The van der Waals surface area contributed by atoms with Crippen LogP contribution in [0.1, 0.15) is 53.9 Å². The second kappa shape index (κ2) is 5.46. The van der Waals surface area contributed by atoms with E-state index in [9.17, 15) is 9.59 Å². The van der Waals surface area contributed by atoms with E-state index >= 15 is 0 Å². The van der Waals surface area contributed by atoms with Crippen molar-refractivity contribution in [1.82, 2.24) is 0 Å². The van der Waals surface area contributed by atoms with E-state index in [-0.39, 0.29) is 11.2 Å². The van der Waals surface area contributed by atoms with Crippen molar-refractivity contribution in [1.29, 1.82) is 0 Å². The first-order valence-electron chi connectivity index (χ1n) is 5.79. The van der Waals surface area contributed by atoms with Gasteiger partial charge >= 0.3 is 5.97 Å². The fourth-order valence-corrected chi connectivity index (χ4v) is 1.45. The Balaban J connectivity index is 4.61. The Labute approximate surface area is 98.6 Å². The molecule has 0 rings (SSSR count). The standard InChI is InChI=1S/C13H24O3/c1-7-13(5,11(15)16-6)10(14)8-9-12(2,3)4/h7-9H2,1-6H3. The molecule has 0 saturated carbocycles. The molecule has 1 unspecified atom stereocenters. The quantitative estimate of drug-likeness (QED) is 0.536. The fourth-order valence-electron chi connectivity index (χ4n) is 1.45. The Morgan fingerprint density at radius 1 is 1.12 bits per heavy atom. The number of rotatable bonds is 5. The van der Waals surface area contributed by atoms with Gasteiger partial charge in [-0.05, 0) is 25.2 Å². The van der Waals surface area contributed by atoms with E-state index < -0.39 is 11.4 Å². The molecule has 0 fully saturated rings. The van der Waals surface area contributed by atoms with Crippen molar-refractivity contribution < 1.29 is 14.3 Å². The summed E-state index contributed by atoms with van der Waals surface area (Å²) in [4.78, 5) is 23.6. The first-order valence-corrected chi connectivity index (χ1v) is 5.79. The van der Waals surface area contributed by atoms with Crippen LogP contribution in [0.5, 0.6) is 0 Å². The number of esters is 1. The zero-order chi connectivity index (χ0) is 13.0. The molecule has 0 aromatic heterocycles. The van der Waals surface area contributed by atoms with Crippen LogP contribution in [0.2, 0.25) is 0 Å². The average molecular weight is 228 g/mol. The van der Waals surface area contributed by atoms with Crippen LogP contribution in [0.3, 0.4) is 0 Å². The van der Waals surface area contributed by atoms with Crippen molar-refractivity contribution in [2.75, 3.05) is 7.11 Å². The third kappa shape index (κ3) is 3.95. The van der Waals surface area contributed by atoms with Crippen molar-refractivity contribution in [2.45, 2.75) is 53.9 Å². The van der Waals surface area contributed by atoms with E-state index in [1.165, 1.54) is 7.11 Å². The first-order chi connectivity index (χ1) is 7.17. The van der Waals surface area contributed by atoms with Crippen molar-refractivity contribution in [3.8, 4) is 0 Å². The zero-order valence-corrected chi connectivity index (χ0v) is 11.3. The van der Waals surface area contributed by atoms with Crippen molar-refractivity contribution >= 4 is 11.8 Å². The van der Waals surface area contributed by atoms with E-state index in [4.69, 9.17) is 4.74 Å². The van der Waals surface area contributed by atoms with Gasteiger partial charge in [0, 0.05) is 6.42 Å². The monoisotopic (exact) mass is 228 g/mol. The molecule has 0 heterocycles. The number of ketones is 1. The molecule has 0 N–H and O–H groups in total. The Morgan fingerprint density at radius 2 is 1.62 bits per heavy atom. The van der Waals surface area contributed by atoms with Gasteiger partial charge in [-0.2, -0.15) is 0 Å². The maximum Gasteiger partial charge on any atom is 0.319 e. The summed E-state index contributed by atoms with van der Waals surface area (Å²) in [6, 6.07) is 0. The number of methoxy groups -OCH3 is 1. The molecular weight excluding hydrogens is 204 g/mol. The van der Waals surface area contributed by atoms with Gasteiger partial charge < -0.3 is 4.74 Å². The summed E-state index contributed by atoms with van der Waals surface area (Å²) >= 11 is 0. The highest BCUT2D eigenvalue weighted by molar-refractivity contribution is 6.03. The van der Waals surface area contributed by atoms with Crippen molar-refractivity contribution in [3.05, 3.63) is 0 Å². The highest BCUT2D eigenvalue weighted by atomic mass is 16.5. The van der Waals surface area contributed by atoms with E-state index in [2.05, 4.69) is 20.8 Å². The van der Waals surface area contributed by atoms with E-state index in [0.717, 1.165) is 6.42 Å². The van der Waals surface area contributed by atoms with Crippen LogP contribution < -0.4 is 0 Å². The van der Waals surface area contributed by atoms with Crippen LogP contribution in [-0.4, -0.2) is 18.9 Å². The van der Waals surface area contributed by atoms with Crippen LogP contribution in [0.4, 0.5) is 0 Å². The zero-order valence-electron chi connectivity index (χ0n) is 11.3. The van der Waals surface area contributed by atoms with Crippen molar-refractivity contribution in [3.63, 3.8) is 0 Å². The molecule has 0 aliphatic heterocycles. The van der Waals surface area contributed by atoms with E-state index in [1.807, 2.05) is 6.92 Å². The Morgan fingerprint density at radius 3 is 1.94 bits per heavy atom. The van der Waals surface area contributed by atoms with E-state index in [0.29, 0.717) is 12.8 Å². The van der Waals surface area contributed by atoms with Crippen LogP contribution in [-0.2, 0) is 14.3 Å². The molecule has 0 saturated heterocycles. The second-order valence-electron chi connectivity index (χ2n) is 5.66. The lowest BCUT2D eigenvalue weighted by atomic mass is 9.78. The summed E-state index contributed by atoms with van der Waals surface area (Å²) in [7, 11) is 1.33. The van der Waals surface area contributed by atoms with Crippen LogP contribution >= 0.6 is 0 Å². The molecule has 0 spiro atoms. The number of carbonyl (C=O) groups excluding carboxylic acids is 2. The highest BCUT2D eigenvalue weighted by Gasteiger charge is 2.39. The van der Waals surface area contributed by atoms with Gasteiger partial charge in [0.15, 0.2) is 0 Å². The predicted molar refractivity (Wildman–Crippen MR) is 64.1 cm³/mol. The Kier molecular flexibility index (Phi) is 5.17. The number of hydrogen-bond acceptors (Lipinski definition) is 3. The first kappa shape index (κ1) is 15.1. The predicted octanol–water partition coefficient (Wildman–Crippen LogP) is 2.97. The average Bonchev–Trinajstić information content (AvgIpc) is 2.22. The topological polar surface area (TPSA) is 43.4 Å². The summed E-state index contributed by atoms with van der Waals surface area (Å²) in [5, 5.41) is 0. The van der Waals surface area contributed by atoms with Gasteiger partial charge in [-0.1, -0.05) is 27.7 Å². The molecule has 94 valence electrons. The minimum Gasteiger partial charge on any atom is -0.468 e. The minimum absolute atomic E-state index is 0.0169. The molecular formula is C13H24O3. The molecule has 0 radical (unpaired) electrons. The van der Waals surface area contributed by atoms with Gasteiger partial charge in [0.05, 0.1) is 7.11 Å². The SMILES string of the molecule is CCC(C)(C(=O)CCC(C)(C)C)C(=O)OC. The minimum atomic E-state index is -0.972. The number of carbonyl (C=O) groups is 2. The normalized spacial score (nSPS) is 15.4. The molecule has 0 bridgehead atoms. The molecule has 0 aromatic rings. The molecule has 3 heteroatoms. The summed E-state index contributed by atoms with van der Waals surface area (Å²) in [6.07, 6.45) is 1.71. The number of Topliss-reactive ketones (excluding diaryl/α,β-unsaturated/α-hetero) is 1. The molecule has 0 aromatic carbocycles. The van der Waals surface area contributed by atoms with Crippen molar-refractivity contribution in [2.24, 2.45) is 10.8 Å². The third-order valence-corrected chi connectivity index (χ3v) is 3.06. The van der Waals surface area contributed by atoms with Gasteiger partial charge in [0.2, 0.25) is 0 Å². The van der Waals surface area contributed by atoms with Crippen LogP contribution in [0.15, 0.2) is 0 Å². The molecule has 1 atom stereocenters. The van der Waals surface area contributed by atoms with Crippen LogP contribution in [0, 0.1) is 10.8 Å². The summed E-state index contributed by atoms with van der Waals surface area (Å²) < 4.78 is 4.70. The van der Waals surface area contributed by atoms with Gasteiger partial charge in [-0.15, -0.1) is 0 Å². The maximum absolute atomic E-state index is 12.0. The Bertz CT molecular complexity index is 263. The molecule has 0 aliphatic rings. The third-order valence-electron chi connectivity index (χ3n) is 3.06. The number of hydrogen-bond donors (Lipinski definition) is 0. The summed E-state index contributed by atoms with van der Waals surface area (Å²) in [5.74, 6) is -0.439. The molecule has 3 nitrogen and oxygen atoms in total. The van der Waals surface area contributed by atoms with Gasteiger partial charge in [0.25, 0.3) is 0 Å². The van der Waals surface area contributed by atoms with Gasteiger partial charge in [0.1, 0.15) is 11.2 Å². The lowest BCUT2D eigenvalue weighted by Crippen LogP contribution is -2.37. The second-order valence-corrected chi connectivity index (χ2v) is 5.66. The smallest absolute Gasteiger partial charge is 0.319 e. The molecule has 0 amide bonds. The van der Waals surface area contributed by atoms with Crippen LogP contribution in [0.25, 0.3) is 0 Å². The summed E-state index contributed by atoms with van der Waals surface area (Å²) in [5.41, 5.74) is -0.861. The van der Waals surface area contributed by atoms with E-state index in [1.54, 1.807) is 6.92 Å².